The predicted octanol–water partition coefficient (Wildman–Crippen LogP) is 1.33. The molecule has 0 radical (unpaired) electrons. The Labute approximate surface area is 87.9 Å². The van der Waals surface area contributed by atoms with Crippen molar-refractivity contribution in [3.05, 3.63) is 34.9 Å². The van der Waals surface area contributed by atoms with Crippen molar-refractivity contribution in [1.29, 1.82) is 0 Å². The SMILES string of the molecule is CC(=O)NCc1ccc(C)cc1C(=O)O. The van der Waals surface area contributed by atoms with Gasteiger partial charge in [0, 0.05) is 13.5 Å². The molecule has 0 saturated heterocycles. The van der Waals surface area contributed by atoms with Crippen molar-refractivity contribution in [1.82, 2.24) is 5.32 Å². The quantitative estimate of drug-likeness (QED) is 0.785. The third-order valence-electron chi connectivity index (χ3n) is 2.02. The molecule has 15 heavy (non-hydrogen) atoms. The van der Waals surface area contributed by atoms with Crippen molar-refractivity contribution in [2.45, 2.75) is 20.4 Å². The molecule has 0 heterocycles. The first kappa shape index (κ1) is 11.2. The van der Waals surface area contributed by atoms with Crippen LogP contribution in [-0.2, 0) is 11.3 Å². The van der Waals surface area contributed by atoms with Crippen molar-refractivity contribution < 1.29 is 14.7 Å². The lowest BCUT2D eigenvalue weighted by Crippen LogP contribution is -2.20. The average Bonchev–Trinajstić information content (AvgIpc) is 2.15. The standard InChI is InChI=1S/C11H13NO3/c1-7-3-4-9(6-12-8(2)13)10(5-7)11(14)15/h3-5H,6H2,1-2H3,(H,12,13)(H,14,15). The third kappa shape index (κ3) is 3.09. The van der Waals surface area contributed by atoms with E-state index >= 15 is 0 Å². The third-order valence-corrected chi connectivity index (χ3v) is 2.02. The summed E-state index contributed by atoms with van der Waals surface area (Å²) in [6.07, 6.45) is 0. The van der Waals surface area contributed by atoms with E-state index in [1.807, 2.05) is 13.0 Å². The van der Waals surface area contributed by atoms with E-state index in [-0.39, 0.29) is 18.0 Å². The maximum atomic E-state index is 10.9. The van der Waals surface area contributed by atoms with Gasteiger partial charge < -0.3 is 10.4 Å². The number of carbonyl (C=O) groups excluding carboxylic acids is 1. The minimum absolute atomic E-state index is 0.174. The van der Waals surface area contributed by atoms with Crippen LogP contribution in [0.2, 0.25) is 0 Å². The van der Waals surface area contributed by atoms with E-state index in [0.29, 0.717) is 5.56 Å². The second kappa shape index (κ2) is 4.59. The lowest BCUT2D eigenvalue weighted by Gasteiger charge is -2.07. The lowest BCUT2D eigenvalue weighted by atomic mass is 10.0. The summed E-state index contributed by atoms with van der Waals surface area (Å²) >= 11 is 0. The number of aryl methyl sites for hydroxylation is 1. The number of rotatable bonds is 3. The second-order valence-corrected chi connectivity index (χ2v) is 3.38. The van der Waals surface area contributed by atoms with Gasteiger partial charge in [0.25, 0.3) is 0 Å². The van der Waals surface area contributed by atoms with Crippen LogP contribution in [0.1, 0.15) is 28.4 Å². The number of nitrogens with one attached hydrogen (secondary N) is 1. The van der Waals surface area contributed by atoms with Crippen LogP contribution in [0.5, 0.6) is 0 Å². The molecule has 1 rings (SSSR count). The van der Waals surface area contributed by atoms with Crippen LogP contribution in [0.25, 0.3) is 0 Å². The molecule has 0 bridgehead atoms. The summed E-state index contributed by atoms with van der Waals surface area (Å²) in [5.74, 6) is -1.15. The van der Waals surface area contributed by atoms with Gasteiger partial charge >= 0.3 is 5.97 Å². The van der Waals surface area contributed by atoms with Crippen molar-refractivity contribution in [2.24, 2.45) is 0 Å². The van der Waals surface area contributed by atoms with Crippen molar-refractivity contribution in [3.8, 4) is 0 Å². The number of aromatic carboxylic acids is 1. The van der Waals surface area contributed by atoms with E-state index < -0.39 is 5.97 Å². The Morgan fingerprint density at radius 3 is 2.60 bits per heavy atom. The molecule has 0 atom stereocenters. The summed E-state index contributed by atoms with van der Waals surface area (Å²) in [5.41, 5.74) is 1.74. The molecular weight excluding hydrogens is 194 g/mol. The van der Waals surface area contributed by atoms with Gasteiger partial charge in [0.1, 0.15) is 0 Å². The summed E-state index contributed by atoms with van der Waals surface area (Å²) in [7, 11) is 0. The molecular formula is C11H13NO3. The van der Waals surface area contributed by atoms with Gasteiger partial charge in [0.15, 0.2) is 0 Å². The van der Waals surface area contributed by atoms with Crippen LogP contribution in [0, 0.1) is 6.92 Å². The number of hydrogen-bond acceptors (Lipinski definition) is 2. The van der Waals surface area contributed by atoms with Gasteiger partial charge in [-0.15, -0.1) is 0 Å². The van der Waals surface area contributed by atoms with Crippen LogP contribution in [0.15, 0.2) is 18.2 Å². The number of benzene rings is 1. The molecule has 2 N–H and O–H groups in total. The zero-order chi connectivity index (χ0) is 11.4. The molecule has 0 aromatic heterocycles. The predicted molar refractivity (Wildman–Crippen MR) is 55.7 cm³/mol. The molecule has 4 nitrogen and oxygen atoms in total. The number of carboxylic acid groups (broad SMARTS) is 1. The summed E-state index contributed by atoms with van der Waals surface area (Å²) in [4.78, 5) is 21.6. The molecule has 1 aromatic rings. The van der Waals surface area contributed by atoms with Crippen molar-refractivity contribution >= 4 is 11.9 Å². The lowest BCUT2D eigenvalue weighted by molar-refractivity contribution is -0.119. The molecule has 0 aliphatic carbocycles. The van der Waals surface area contributed by atoms with Gasteiger partial charge in [-0.1, -0.05) is 17.7 Å². The smallest absolute Gasteiger partial charge is 0.336 e. The monoisotopic (exact) mass is 207 g/mol. The fraction of sp³-hybridized carbons (Fsp3) is 0.273. The van der Waals surface area contributed by atoms with Gasteiger partial charge in [-0.2, -0.15) is 0 Å². The first-order valence-corrected chi connectivity index (χ1v) is 4.58. The van der Waals surface area contributed by atoms with Crippen LogP contribution < -0.4 is 5.32 Å². The van der Waals surface area contributed by atoms with Gasteiger partial charge in [0.05, 0.1) is 5.56 Å². The first-order valence-electron chi connectivity index (χ1n) is 4.58. The zero-order valence-corrected chi connectivity index (χ0v) is 8.70. The zero-order valence-electron chi connectivity index (χ0n) is 8.70. The largest absolute Gasteiger partial charge is 0.478 e. The molecule has 0 aliphatic rings. The molecule has 1 aromatic carbocycles. The molecule has 80 valence electrons. The Balaban J connectivity index is 2.95. The van der Waals surface area contributed by atoms with E-state index in [0.717, 1.165) is 5.56 Å². The maximum absolute atomic E-state index is 10.9. The molecule has 0 spiro atoms. The summed E-state index contributed by atoms with van der Waals surface area (Å²) in [5, 5.41) is 11.5. The highest BCUT2D eigenvalue weighted by Crippen LogP contribution is 2.11. The Morgan fingerprint density at radius 2 is 2.07 bits per heavy atom. The number of carbonyl (C=O) groups is 2. The van der Waals surface area contributed by atoms with E-state index in [2.05, 4.69) is 5.32 Å². The van der Waals surface area contributed by atoms with Crippen molar-refractivity contribution in [2.75, 3.05) is 0 Å². The summed E-state index contributed by atoms with van der Waals surface area (Å²) in [6.45, 7) is 3.47. The highest BCUT2D eigenvalue weighted by Gasteiger charge is 2.09. The van der Waals surface area contributed by atoms with E-state index in [1.54, 1.807) is 12.1 Å². The van der Waals surface area contributed by atoms with Crippen LogP contribution in [-0.4, -0.2) is 17.0 Å². The molecule has 0 unspecified atom stereocenters. The average molecular weight is 207 g/mol. The molecule has 4 heteroatoms. The number of hydrogen-bond donors (Lipinski definition) is 2. The van der Waals surface area contributed by atoms with E-state index in [1.165, 1.54) is 6.92 Å². The normalized spacial score (nSPS) is 9.73. The van der Waals surface area contributed by atoms with Crippen LogP contribution in [0.3, 0.4) is 0 Å². The second-order valence-electron chi connectivity index (χ2n) is 3.38. The van der Waals surface area contributed by atoms with Gasteiger partial charge in [-0.05, 0) is 18.6 Å². The number of amides is 1. The minimum Gasteiger partial charge on any atom is -0.478 e. The first-order chi connectivity index (χ1) is 7.00. The Hall–Kier alpha value is -1.84. The van der Waals surface area contributed by atoms with Gasteiger partial charge in [-0.25, -0.2) is 4.79 Å². The summed E-state index contributed by atoms with van der Waals surface area (Å²) in [6, 6.07) is 5.14. The van der Waals surface area contributed by atoms with Gasteiger partial charge in [0.2, 0.25) is 5.91 Å². The Bertz CT molecular complexity index is 399. The fourth-order valence-corrected chi connectivity index (χ4v) is 1.26. The molecule has 0 fully saturated rings. The maximum Gasteiger partial charge on any atom is 0.336 e. The van der Waals surface area contributed by atoms with Crippen LogP contribution >= 0.6 is 0 Å². The van der Waals surface area contributed by atoms with Crippen LogP contribution in [0.4, 0.5) is 0 Å². The van der Waals surface area contributed by atoms with Gasteiger partial charge in [-0.3, -0.25) is 4.79 Å². The topological polar surface area (TPSA) is 66.4 Å². The molecule has 0 saturated carbocycles. The van der Waals surface area contributed by atoms with E-state index in [9.17, 15) is 9.59 Å². The minimum atomic E-state index is -0.973. The van der Waals surface area contributed by atoms with Crippen molar-refractivity contribution in [3.63, 3.8) is 0 Å². The highest BCUT2D eigenvalue weighted by atomic mass is 16.4. The Morgan fingerprint density at radius 1 is 1.40 bits per heavy atom. The number of carboxylic acids is 1. The Kier molecular flexibility index (Phi) is 3.44. The van der Waals surface area contributed by atoms with E-state index in [4.69, 9.17) is 5.11 Å². The summed E-state index contributed by atoms with van der Waals surface area (Å²) < 4.78 is 0. The highest BCUT2D eigenvalue weighted by molar-refractivity contribution is 5.89. The molecule has 0 aliphatic heterocycles. The fourth-order valence-electron chi connectivity index (χ4n) is 1.26. The molecule has 1 amide bonds.